The molecular weight excluding hydrogens is 268 g/mol. The standard InChI is InChI=1S/C15H16N4S/c1-11(13-5-9-20-10-13)18-14-4-3-6-17-15(14)19-8-7-16-12(19)2/h3-11,18H,1-2H3. The molecule has 0 fully saturated rings. The van der Waals surface area contributed by atoms with E-state index in [9.17, 15) is 0 Å². The Balaban J connectivity index is 1.93. The Hall–Kier alpha value is -2.14. The highest BCUT2D eigenvalue weighted by molar-refractivity contribution is 7.07. The summed E-state index contributed by atoms with van der Waals surface area (Å²) in [7, 11) is 0. The fourth-order valence-electron chi connectivity index (χ4n) is 2.14. The van der Waals surface area contributed by atoms with E-state index in [1.54, 1.807) is 23.7 Å². The van der Waals surface area contributed by atoms with Gasteiger partial charge < -0.3 is 5.32 Å². The van der Waals surface area contributed by atoms with E-state index in [0.29, 0.717) is 0 Å². The van der Waals surface area contributed by atoms with Gasteiger partial charge in [-0.05, 0) is 48.4 Å². The lowest BCUT2D eigenvalue weighted by molar-refractivity contribution is 0.870. The topological polar surface area (TPSA) is 42.7 Å². The van der Waals surface area contributed by atoms with Crippen molar-refractivity contribution in [3.63, 3.8) is 0 Å². The first-order valence-electron chi connectivity index (χ1n) is 6.49. The maximum absolute atomic E-state index is 4.48. The molecule has 1 atom stereocenters. The number of hydrogen-bond acceptors (Lipinski definition) is 4. The van der Waals surface area contributed by atoms with Crippen LogP contribution in [0.4, 0.5) is 5.69 Å². The average Bonchev–Trinajstić information content (AvgIpc) is 3.10. The number of aryl methyl sites for hydroxylation is 1. The van der Waals surface area contributed by atoms with Crippen LogP contribution >= 0.6 is 11.3 Å². The van der Waals surface area contributed by atoms with Gasteiger partial charge >= 0.3 is 0 Å². The van der Waals surface area contributed by atoms with Crippen LogP contribution in [0.1, 0.15) is 24.4 Å². The minimum Gasteiger partial charge on any atom is -0.375 e. The summed E-state index contributed by atoms with van der Waals surface area (Å²) >= 11 is 1.71. The van der Waals surface area contributed by atoms with Crippen LogP contribution in [0.3, 0.4) is 0 Å². The first-order chi connectivity index (χ1) is 9.75. The number of imidazole rings is 1. The van der Waals surface area contributed by atoms with Gasteiger partial charge in [0.1, 0.15) is 5.82 Å². The molecule has 0 aliphatic heterocycles. The van der Waals surface area contributed by atoms with E-state index in [1.807, 2.05) is 29.8 Å². The molecule has 0 spiro atoms. The molecule has 0 amide bonds. The fraction of sp³-hybridized carbons (Fsp3) is 0.200. The lowest BCUT2D eigenvalue weighted by atomic mass is 10.2. The highest BCUT2D eigenvalue weighted by atomic mass is 32.1. The second-order valence-electron chi connectivity index (χ2n) is 4.64. The number of pyridine rings is 1. The highest BCUT2D eigenvalue weighted by Crippen LogP contribution is 2.25. The van der Waals surface area contributed by atoms with Crippen LogP contribution in [-0.2, 0) is 0 Å². The maximum Gasteiger partial charge on any atom is 0.161 e. The molecule has 1 unspecified atom stereocenters. The predicted molar refractivity (Wildman–Crippen MR) is 82.5 cm³/mol. The monoisotopic (exact) mass is 284 g/mol. The van der Waals surface area contributed by atoms with Crippen molar-refractivity contribution >= 4 is 17.0 Å². The Bertz CT molecular complexity index is 687. The molecule has 3 heterocycles. The summed E-state index contributed by atoms with van der Waals surface area (Å²) in [6, 6.07) is 6.37. The Kier molecular flexibility index (Phi) is 3.52. The van der Waals surface area contributed by atoms with Crippen LogP contribution in [0.2, 0.25) is 0 Å². The first-order valence-corrected chi connectivity index (χ1v) is 7.44. The SMILES string of the molecule is Cc1nccn1-c1ncccc1NC(C)c1ccsc1. The number of nitrogens with zero attached hydrogens (tertiary/aromatic N) is 3. The Morgan fingerprint density at radius 2 is 2.15 bits per heavy atom. The zero-order valence-electron chi connectivity index (χ0n) is 11.4. The predicted octanol–water partition coefficient (Wildman–Crippen LogP) is 3.81. The molecule has 20 heavy (non-hydrogen) atoms. The second-order valence-corrected chi connectivity index (χ2v) is 5.42. The Morgan fingerprint density at radius 1 is 1.25 bits per heavy atom. The lowest BCUT2D eigenvalue weighted by Gasteiger charge is -2.17. The van der Waals surface area contributed by atoms with Gasteiger partial charge in [-0.3, -0.25) is 4.57 Å². The van der Waals surface area contributed by atoms with E-state index in [2.05, 4.69) is 39.0 Å². The van der Waals surface area contributed by atoms with E-state index < -0.39 is 0 Å². The molecule has 102 valence electrons. The largest absolute Gasteiger partial charge is 0.375 e. The smallest absolute Gasteiger partial charge is 0.161 e. The van der Waals surface area contributed by atoms with Crippen molar-refractivity contribution in [3.05, 3.63) is 58.9 Å². The number of aromatic nitrogens is 3. The molecule has 3 aromatic rings. The summed E-state index contributed by atoms with van der Waals surface area (Å²) in [5.74, 6) is 1.81. The summed E-state index contributed by atoms with van der Waals surface area (Å²) in [5, 5.41) is 7.78. The van der Waals surface area contributed by atoms with Crippen LogP contribution in [0.5, 0.6) is 0 Å². The van der Waals surface area contributed by atoms with Gasteiger partial charge in [0.2, 0.25) is 0 Å². The van der Waals surface area contributed by atoms with E-state index in [-0.39, 0.29) is 6.04 Å². The molecule has 1 N–H and O–H groups in total. The molecule has 0 aliphatic rings. The molecule has 5 heteroatoms. The van der Waals surface area contributed by atoms with Gasteiger partial charge in [-0.15, -0.1) is 0 Å². The zero-order chi connectivity index (χ0) is 13.9. The molecule has 3 rings (SSSR count). The molecule has 0 saturated carbocycles. The van der Waals surface area contributed by atoms with Crippen LogP contribution in [0.15, 0.2) is 47.5 Å². The zero-order valence-corrected chi connectivity index (χ0v) is 12.3. The molecular formula is C15H16N4S. The molecule has 3 aromatic heterocycles. The quantitative estimate of drug-likeness (QED) is 0.792. The summed E-state index contributed by atoms with van der Waals surface area (Å²) < 4.78 is 1.99. The van der Waals surface area contributed by atoms with Gasteiger partial charge in [-0.1, -0.05) is 0 Å². The van der Waals surface area contributed by atoms with Crippen molar-refractivity contribution < 1.29 is 0 Å². The van der Waals surface area contributed by atoms with Crippen molar-refractivity contribution in [2.45, 2.75) is 19.9 Å². The molecule has 0 bridgehead atoms. The van der Waals surface area contributed by atoms with Crippen molar-refractivity contribution in [3.8, 4) is 5.82 Å². The van der Waals surface area contributed by atoms with Gasteiger partial charge in [0, 0.05) is 24.6 Å². The Labute approximate surface area is 122 Å². The third-order valence-corrected chi connectivity index (χ3v) is 3.96. The van der Waals surface area contributed by atoms with Crippen molar-refractivity contribution in [2.24, 2.45) is 0 Å². The summed E-state index contributed by atoms with van der Waals surface area (Å²) in [6.45, 7) is 4.13. The van der Waals surface area contributed by atoms with Crippen LogP contribution in [0.25, 0.3) is 5.82 Å². The van der Waals surface area contributed by atoms with Crippen molar-refractivity contribution in [1.29, 1.82) is 0 Å². The van der Waals surface area contributed by atoms with Crippen LogP contribution in [0, 0.1) is 6.92 Å². The molecule has 0 aromatic carbocycles. The fourth-order valence-corrected chi connectivity index (χ4v) is 2.90. The van der Waals surface area contributed by atoms with E-state index in [1.165, 1.54) is 5.56 Å². The van der Waals surface area contributed by atoms with Gasteiger partial charge in [-0.2, -0.15) is 11.3 Å². The van der Waals surface area contributed by atoms with Crippen molar-refractivity contribution in [2.75, 3.05) is 5.32 Å². The third-order valence-electron chi connectivity index (χ3n) is 3.26. The van der Waals surface area contributed by atoms with Gasteiger partial charge in [0.15, 0.2) is 5.82 Å². The normalized spacial score (nSPS) is 12.3. The number of hydrogen-bond donors (Lipinski definition) is 1. The molecule has 0 radical (unpaired) electrons. The maximum atomic E-state index is 4.48. The Morgan fingerprint density at radius 3 is 2.85 bits per heavy atom. The second kappa shape index (κ2) is 5.46. The summed E-state index contributed by atoms with van der Waals surface area (Å²) in [6.07, 6.45) is 5.52. The van der Waals surface area contributed by atoms with E-state index >= 15 is 0 Å². The van der Waals surface area contributed by atoms with Crippen LogP contribution < -0.4 is 5.32 Å². The number of nitrogens with one attached hydrogen (secondary N) is 1. The summed E-state index contributed by atoms with van der Waals surface area (Å²) in [4.78, 5) is 8.74. The minimum atomic E-state index is 0.244. The minimum absolute atomic E-state index is 0.244. The average molecular weight is 284 g/mol. The van der Waals surface area contributed by atoms with Gasteiger partial charge in [-0.25, -0.2) is 9.97 Å². The van der Waals surface area contributed by atoms with E-state index in [4.69, 9.17) is 0 Å². The highest BCUT2D eigenvalue weighted by Gasteiger charge is 2.11. The third kappa shape index (κ3) is 2.44. The molecule has 4 nitrogen and oxygen atoms in total. The van der Waals surface area contributed by atoms with E-state index in [0.717, 1.165) is 17.3 Å². The number of anilines is 1. The molecule has 0 saturated heterocycles. The van der Waals surface area contributed by atoms with Gasteiger partial charge in [0.25, 0.3) is 0 Å². The number of rotatable bonds is 4. The van der Waals surface area contributed by atoms with Gasteiger partial charge in [0.05, 0.1) is 5.69 Å². The van der Waals surface area contributed by atoms with Crippen LogP contribution in [-0.4, -0.2) is 14.5 Å². The number of thiophene rings is 1. The summed E-state index contributed by atoms with van der Waals surface area (Å²) in [5.41, 5.74) is 2.29. The lowest BCUT2D eigenvalue weighted by Crippen LogP contribution is -2.10. The molecule has 0 aliphatic carbocycles. The van der Waals surface area contributed by atoms with Crippen molar-refractivity contribution in [1.82, 2.24) is 14.5 Å². The first kappa shape index (κ1) is 12.9.